The maximum atomic E-state index is 6.21. The molecule has 0 aromatic carbocycles. The van der Waals surface area contributed by atoms with Crippen molar-refractivity contribution in [3.05, 3.63) is 12.7 Å². The molecule has 0 radical (unpaired) electrons. The van der Waals surface area contributed by atoms with Crippen LogP contribution in [-0.2, 0) is 4.74 Å². The molecule has 0 aromatic heterocycles. The Bertz CT molecular complexity index is 234. The Morgan fingerprint density at radius 2 is 1.89 bits per heavy atom. The third-order valence-corrected chi connectivity index (χ3v) is 4.60. The standard InChI is InChI=1S/C18H34O/c1-5-6-7-8-9-10-13-19-18-14-16(4)11-12-17(18)15(2)3/h5,15-18H,1,6-14H2,2-4H3/t16-,17+,18-/m1/s1. The SMILES string of the molecule is C=CCCCCCCO[C@@H]1C[C@H](C)CC[C@H]1C(C)C. The van der Waals surface area contributed by atoms with Crippen LogP contribution in [0.1, 0.15) is 72.1 Å². The van der Waals surface area contributed by atoms with E-state index in [1.807, 2.05) is 6.08 Å². The molecule has 1 aliphatic carbocycles. The first-order chi connectivity index (χ1) is 9.15. The van der Waals surface area contributed by atoms with Gasteiger partial charge in [-0.15, -0.1) is 6.58 Å². The van der Waals surface area contributed by atoms with Crippen LogP contribution in [0.5, 0.6) is 0 Å². The van der Waals surface area contributed by atoms with Crippen LogP contribution in [0.2, 0.25) is 0 Å². The van der Waals surface area contributed by atoms with Crippen molar-refractivity contribution < 1.29 is 4.74 Å². The Kier molecular flexibility index (Phi) is 8.45. The Labute approximate surface area is 120 Å². The van der Waals surface area contributed by atoms with E-state index in [-0.39, 0.29) is 0 Å². The van der Waals surface area contributed by atoms with Gasteiger partial charge in [0.15, 0.2) is 0 Å². The van der Waals surface area contributed by atoms with Gasteiger partial charge in [0.25, 0.3) is 0 Å². The molecule has 1 nitrogen and oxygen atoms in total. The number of hydrogen-bond donors (Lipinski definition) is 0. The second kappa shape index (κ2) is 9.58. The van der Waals surface area contributed by atoms with Crippen LogP contribution in [0, 0.1) is 17.8 Å². The van der Waals surface area contributed by atoms with E-state index in [9.17, 15) is 0 Å². The summed E-state index contributed by atoms with van der Waals surface area (Å²) in [4.78, 5) is 0. The minimum atomic E-state index is 0.525. The number of rotatable bonds is 9. The smallest absolute Gasteiger partial charge is 0.0608 e. The molecule has 0 unspecified atom stereocenters. The summed E-state index contributed by atoms with van der Waals surface area (Å²) in [6, 6.07) is 0. The predicted molar refractivity (Wildman–Crippen MR) is 84.4 cm³/mol. The van der Waals surface area contributed by atoms with E-state index in [2.05, 4.69) is 27.4 Å². The minimum absolute atomic E-state index is 0.525. The Morgan fingerprint density at radius 1 is 1.16 bits per heavy atom. The highest BCUT2D eigenvalue weighted by molar-refractivity contribution is 4.81. The van der Waals surface area contributed by atoms with E-state index in [0.717, 1.165) is 30.8 Å². The molecule has 0 bridgehead atoms. The molecule has 1 aliphatic rings. The minimum Gasteiger partial charge on any atom is -0.378 e. The van der Waals surface area contributed by atoms with Gasteiger partial charge < -0.3 is 4.74 Å². The molecule has 3 atom stereocenters. The lowest BCUT2D eigenvalue weighted by Crippen LogP contribution is -2.34. The molecule has 0 amide bonds. The summed E-state index contributed by atoms with van der Waals surface area (Å²) in [5.74, 6) is 2.41. The van der Waals surface area contributed by atoms with Crippen molar-refractivity contribution in [3.63, 3.8) is 0 Å². The average Bonchev–Trinajstić information content (AvgIpc) is 2.37. The van der Waals surface area contributed by atoms with E-state index in [4.69, 9.17) is 4.74 Å². The zero-order valence-electron chi connectivity index (χ0n) is 13.4. The molecule has 1 rings (SSSR count). The monoisotopic (exact) mass is 266 g/mol. The second-order valence-corrected chi connectivity index (χ2v) is 6.73. The fourth-order valence-corrected chi connectivity index (χ4v) is 3.29. The Balaban J connectivity index is 2.16. The molecule has 0 aliphatic heterocycles. The fourth-order valence-electron chi connectivity index (χ4n) is 3.29. The molecule has 0 N–H and O–H groups in total. The predicted octanol–water partition coefficient (Wildman–Crippen LogP) is 5.60. The molecule has 0 saturated heterocycles. The van der Waals surface area contributed by atoms with Crippen LogP contribution >= 0.6 is 0 Å². The van der Waals surface area contributed by atoms with Crippen molar-refractivity contribution in [3.8, 4) is 0 Å². The summed E-state index contributed by atoms with van der Waals surface area (Å²) in [6.07, 6.45) is 12.9. The highest BCUT2D eigenvalue weighted by Crippen LogP contribution is 2.35. The van der Waals surface area contributed by atoms with Crippen LogP contribution < -0.4 is 0 Å². The molecule has 19 heavy (non-hydrogen) atoms. The number of ether oxygens (including phenoxy) is 1. The number of unbranched alkanes of at least 4 members (excludes halogenated alkanes) is 4. The van der Waals surface area contributed by atoms with E-state index in [1.165, 1.54) is 44.9 Å². The summed E-state index contributed by atoms with van der Waals surface area (Å²) in [7, 11) is 0. The number of hydrogen-bond acceptors (Lipinski definition) is 1. The maximum absolute atomic E-state index is 6.21. The van der Waals surface area contributed by atoms with Gasteiger partial charge in [-0.3, -0.25) is 0 Å². The van der Waals surface area contributed by atoms with Gasteiger partial charge in [-0.05, 0) is 49.9 Å². The van der Waals surface area contributed by atoms with Crippen molar-refractivity contribution >= 4 is 0 Å². The van der Waals surface area contributed by atoms with Crippen LogP contribution in [-0.4, -0.2) is 12.7 Å². The van der Waals surface area contributed by atoms with Crippen molar-refractivity contribution in [1.29, 1.82) is 0 Å². The third-order valence-electron chi connectivity index (χ3n) is 4.60. The molecule has 0 spiro atoms. The number of allylic oxidation sites excluding steroid dienone is 1. The van der Waals surface area contributed by atoms with Crippen molar-refractivity contribution in [2.45, 2.75) is 78.2 Å². The first-order valence-corrected chi connectivity index (χ1v) is 8.37. The van der Waals surface area contributed by atoms with Crippen LogP contribution in [0.3, 0.4) is 0 Å². The van der Waals surface area contributed by atoms with Gasteiger partial charge in [0, 0.05) is 6.61 Å². The van der Waals surface area contributed by atoms with Crippen molar-refractivity contribution in [2.75, 3.05) is 6.61 Å². The van der Waals surface area contributed by atoms with E-state index < -0.39 is 0 Å². The molecule has 1 fully saturated rings. The fraction of sp³-hybridized carbons (Fsp3) is 0.889. The van der Waals surface area contributed by atoms with Crippen LogP contribution in [0.25, 0.3) is 0 Å². The summed E-state index contributed by atoms with van der Waals surface area (Å²) in [5, 5.41) is 0. The molecule has 112 valence electrons. The molecule has 0 heterocycles. The normalized spacial score (nSPS) is 27.7. The van der Waals surface area contributed by atoms with Gasteiger partial charge in [-0.2, -0.15) is 0 Å². The lowest BCUT2D eigenvalue weighted by molar-refractivity contribution is -0.0394. The summed E-state index contributed by atoms with van der Waals surface area (Å²) >= 11 is 0. The maximum Gasteiger partial charge on any atom is 0.0608 e. The zero-order valence-corrected chi connectivity index (χ0v) is 13.4. The van der Waals surface area contributed by atoms with E-state index >= 15 is 0 Å². The van der Waals surface area contributed by atoms with Crippen LogP contribution in [0.15, 0.2) is 12.7 Å². The first kappa shape index (κ1) is 16.8. The molecule has 1 saturated carbocycles. The van der Waals surface area contributed by atoms with Gasteiger partial charge in [0.1, 0.15) is 0 Å². The van der Waals surface area contributed by atoms with Gasteiger partial charge in [0.05, 0.1) is 6.10 Å². The highest BCUT2D eigenvalue weighted by atomic mass is 16.5. The summed E-state index contributed by atoms with van der Waals surface area (Å²) in [6.45, 7) is 11.8. The van der Waals surface area contributed by atoms with Gasteiger partial charge in [-0.1, -0.05) is 46.1 Å². The quantitative estimate of drug-likeness (QED) is 0.390. The average molecular weight is 266 g/mol. The lowest BCUT2D eigenvalue weighted by atomic mass is 9.75. The van der Waals surface area contributed by atoms with Gasteiger partial charge >= 0.3 is 0 Å². The van der Waals surface area contributed by atoms with E-state index in [0.29, 0.717) is 6.10 Å². The first-order valence-electron chi connectivity index (χ1n) is 8.37. The summed E-state index contributed by atoms with van der Waals surface area (Å²) < 4.78 is 6.21. The van der Waals surface area contributed by atoms with Gasteiger partial charge in [-0.25, -0.2) is 0 Å². The molecular weight excluding hydrogens is 232 g/mol. The lowest BCUT2D eigenvalue weighted by Gasteiger charge is -2.37. The highest BCUT2D eigenvalue weighted by Gasteiger charge is 2.31. The molecular formula is C18H34O. The Hall–Kier alpha value is -0.300. The third kappa shape index (κ3) is 6.61. The largest absolute Gasteiger partial charge is 0.378 e. The molecule has 1 heteroatoms. The zero-order chi connectivity index (χ0) is 14.1. The molecule has 0 aromatic rings. The Morgan fingerprint density at radius 3 is 2.58 bits per heavy atom. The summed E-state index contributed by atoms with van der Waals surface area (Å²) in [5.41, 5.74) is 0. The van der Waals surface area contributed by atoms with Gasteiger partial charge in [0.2, 0.25) is 0 Å². The van der Waals surface area contributed by atoms with Crippen LogP contribution in [0.4, 0.5) is 0 Å². The van der Waals surface area contributed by atoms with Crippen molar-refractivity contribution in [2.24, 2.45) is 17.8 Å². The van der Waals surface area contributed by atoms with Crippen molar-refractivity contribution in [1.82, 2.24) is 0 Å². The second-order valence-electron chi connectivity index (χ2n) is 6.73. The van der Waals surface area contributed by atoms with E-state index in [1.54, 1.807) is 0 Å². The topological polar surface area (TPSA) is 9.23 Å².